The molecule has 3 fully saturated rings. The van der Waals surface area contributed by atoms with Crippen molar-refractivity contribution in [1.82, 2.24) is 0 Å². The second-order valence-corrected chi connectivity index (χ2v) is 9.38. The Morgan fingerprint density at radius 3 is 2.33 bits per heavy atom. The average Bonchev–Trinajstić information content (AvgIpc) is 3.03. The van der Waals surface area contributed by atoms with Crippen LogP contribution in [-0.4, -0.2) is 55.5 Å². The normalized spacial score (nSPS) is 30.7. The lowest BCUT2D eigenvalue weighted by atomic mass is 9.83. The van der Waals surface area contributed by atoms with Gasteiger partial charge in [-0.1, -0.05) is 17.7 Å². The first-order valence-electron chi connectivity index (χ1n) is 11.3. The van der Waals surface area contributed by atoms with Crippen molar-refractivity contribution in [3.05, 3.63) is 29.3 Å². The van der Waals surface area contributed by atoms with Crippen LogP contribution in [0.25, 0.3) is 0 Å². The number of piperidine rings is 2. The SMILES string of the molecule is Cc1ccc(N2C(=O)C[C@@H]([NH+]3CCC(C(N)=O)([NH+]4CCCCC4)CC3)C2=O)c(C)c1. The van der Waals surface area contributed by atoms with Gasteiger partial charge in [-0.25, -0.2) is 4.90 Å². The lowest BCUT2D eigenvalue weighted by Gasteiger charge is -2.44. The summed E-state index contributed by atoms with van der Waals surface area (Å²) < 4.78 is 0. The lowest BCUT2D eigenvalue weighted by Crippen LogP contribution is -3.27. The third kappa shape index (κ3) is 3.54. The van der Waals surface area contributed by atoms with E-state index in [0.717, 1.165) is 42.0 Å². The van der Waals surface area contributed by atoms with E-state index in [9.17, 15) is 14.4 Å². The molecule has 0 bridgehead atoms. The van der Waals surface area contributed by atoms with Crippen LogP contribution in [0.15, 0.2) is 18.2 Å². The van der Waals surface area contributed by atoms with Gasteiger partial charge in [0.15, 0.2) is 11.6 Å². The summed E-state index contributed by atoms with van der Waals surface area (Å²) in [7, 11) is 0. The molecule has 7 heteroatoms. The maximum Gasteiger partial charge on any atom is 0.292 e. The number of aryl methyl sites for hydroxylation is 2. The first-order chi connectivity index (χ1) is 14.3. The number of rotatable bonds is 4. The molecule has 0 aromatic heterocycles. The fraction of sp³-hybridized carbons (Fsp3) is 0.609. The topological polar surface area (TPSA) is 89.3 Å². The summed E-state index contributed by atoms with van der Waals surface area (Å²) in [6.07, 6.45) is 5.12. The number of carbonyl (C=O) groups is 3. The molecule has 0 saturated carbocycles. The van der Waals surface area contributed by atoms with Crippen LogP contribution in [0.4, 0.5) is 5.69 Å². The number of hydrogen-bond acceptors (Lipinski definition) is 3. The molecule has 3 saturated heterocycles. The number of primary amides is 1. The van der Waals surface area contributed by atoms with Crippen molar-refractivity contribution in [3.8, 4) is 0 Å². The Morgan fingerprint density at radius 1 is 1.07 bits per heavy atom. The highest BCUT2D eigenvalue weighted by Gasteiger charge is 2.54. The van der Waals surface area contributed by atoms with Crippen LogP contribution in [0.2, 0.25) is 0 Å². The summed E-state index contributed by atoms with van der Waals surface area (Å²) in [5.74, 6) is -0.444. The van der Waals surface area contributed by atoms with Crippen LogP contribution >= 0.6 is 0 Å². The summed E-state index contributed by atoms with van der Waals surface area (Å²) in [5, 5.41) is 0. The van der Waals surface area contributed by atoms with Gasteiger partial charge in [-0.15, -0.1) is 0 Å². The third-order valence-electron chi connectivity index (χ3n) is 7.58. The van der Waals surface area contributed by atoms with Crippen molar-refractivity contribution in [2.75, 3.05) is 31.1 Å². The van der Waals surface area contributed by atoms with E-state index in [1.165, 1.54) is 16.2 Å². The second kappa shape index (κ2) is 8.12. The van der Waals surface area contributed by atoms with Gasteiger partial charge in [-0.05, 0) is 44.7 Å². The summed E-state index contributed by atoms with van der Waals surface area (Å²) in [5.41, 5.74) is 8.14. The number of carbonyl (C=O) groups excluding carboxylic acids is 3. The summed E-state index contributed by atoms with van der Waals surface area (Å²) in [4.78, 5) is 42.3. The molecule has 1 atom stereocenters. The first-order valence-corrected chi connectivity index (χ1v) is 11.3. The third-order valence-corrected chi connectivity index (χ3v) is 7.58. The summed E-state index contributed by atoms with van der Waals surface area (Å²) in [6, 6.07) is 5.44. The predicted octanol–water partition coefficient (Wildman–Crippen LogP) is -1.09. The van der Waals surface area contributed by atoms with E-state index in [1.54, 1.807) is 0 Å². The Bertz CT molecular complexity index is 854. The minimum absolute atomic E-state index is 0.112. The molecule has 3 amide bonds. The maximum atomic E-state index is 13.2. The quantitative estimate of drug-likeness (QED) is 0.547. The van der Waals surface area contributed by atoms with Crippen LogP contribution < -0.4 is 20.4 Å². The molecule has 0 unspecified atom stereocenters. The number of benzene rings is 1. The smallest absolute Gasteiger partial charge is 0.292 e. The fourth-order valence-electron chi connectivity index (χ4n) is 5.84. The van der Waals surface area contributed by atoms with Gasteiger partial charge in [-0.2, -0.15) is 0 Å². The molecule has 0 radical (unpaired) electrons. The zero-order valence-electron chi connectivity index (χ0n) is 18.1. The molecule has 7 nitrogen and oxygen atoms in total. The van der Waals surface area contributed by atoms with Gasteiger partial charge >= 0.3 is 0 Å². The largest absolute Gasteiger partial charge is 0.364 e. The van der Waals surface area contributed by atoms with Gasteiger partial charge in [-0.3, -0.25) is 14.4 Å². The van der Waals surface area contributed by atoms with Crippen LogP contribution in [-0.2, 0) is 14.4 Å². The van der Waals surface area contributed by atoms with Crippen molar-refractivity contribution >= 4 is 23.4 Å². The van der Waals surface area contributed by atoms with Crippen molar-refractivity contribution < 1.29 is 24.2 Å². The molecule has 0 aliphatic carbocycles. The van der Waals surface area contributed by atoms with E-state index >= 15 is 0 Å². The monoisotopic (exact) mass is 414 g/mol. The van der Waals surface area contributed by atoms with E-state index in [2.05, 4.69) is 0 Å². The Kier molecular flexibility index (Phi) is 5.68. The zero-order valence-corrected chi connectivity index (χ0v) is 18.1. The Morgan fingerprint density at radius 2 is 1.73 bits per heavy atom. The summed E-state index contributed by atoms with van der Waals surface area (Å²) >= 11 is 0. The average molecular weight is 415 g/mol. The number of anilines is 1. The van der Waals surface area contributed by atoms with Crippen LogP contribution in [0.5, 0.6) is 0 Å². The number of hydrogen-bond donors (Lipinski definition) is 3. The maximum absolute atomic E-state index is 13.2. The van der Waals surface area contributed by atoms with Crippen LogP contribution in [0.1, 0.15) is 49.7 Å². The van der Waals surface area contributed by atoms with E-state index < -0.39 is 5.54 Å². The van der Waals surface area contributed by atoms with Gasteiger partial charge in [0.1, 0.15) is 0 Å². The van der Waals surface area contributed by atoms with Crippen molar-refractivity contribution in [2.45, 2.75) is 64.0 Å². The van der Waals surface area contributed by atoms with Gasteiger partial charge in [0.05, 0.1) is 51.1 Å². The molecule has 3 aliphatic heterocycles. The minimum Gasteiger partial charge on any atom is -0.364 e. The van der Waals surface area contributed by atoms with Gasteiger partial charge < -0.3 is 15.5 Å². The number of imide groups is 1. The second-order valence-electron chi connectivity index (χ2n) is 9.38. The first kappa shape index (κ1) is 21.0. The van der Waals surface area contributed by atoms with Crippen molar-refractivity contribution in [1.29, 1.82) is 0 Å². The molecule has 1 aromatic carbocycles. The van der Waals surface area contributed by atoms with Crippen molar-refractivity contribution in [3.63, 3.8) is 0 Å². The molecule has 3 heterocycles. The van der Waals surface area contributed by atoms with Gasteiger partial charge in [0.2, 0.25) is 5.91 Å². The highest BCUT2D eigenvalue weighted by atomic mass is 16.2. The van der Waals surface area contributed by atoms with E-state index in [-0.39, 0.29) is 30.2 Å². The molecule has 4 rings (SSSR count). The fourth-order valence-corrected chi connectivity index (χ4v) is 5.84. The number of amides is 3. The highest BCUT2D eigenvalue weighted by Crippen LogP contribution is 2.27. The number of likely N-dealkylation sites (tertiary alicyclic amines) is 2. The van der Waals surface area contributed by atoms with Gasteiger partial charge in [0.25, 0.3) is 11.8 Å². The van der Waals surface area contributed by atoms with Crippen LogP contribution in [0.3, 0.4) is 0 Å². The standard InChI is InChI=1S/C23H32N4O3/c1-16-6-7-18(17(2)14-16)27-20(28)15-19(21(27)29)25-12-8-23(9-13-25,22(24)30)26-10-4-3-5-11-26/h6-7,14,19H,3-5,8-13,15H2,1-2H3,(H2,24,30)/p+2/t19-/m1/s1. The Balaban J connectivity index is 1.49. The van der Waals surface area contributed by atoms with Crippen LogP contribution in [0, 0.1) is 13.8 Å². The molecule has 4 N–H and O–H groups in total. The van der Waals surface area contributed by atoms with E-state index in [4.69, 9.17) is 5.73 Å². The molecular weight excluding hydrogens is 380 g/mol. The number of nitrogens with two attached hydrogens (primary N) is 1. The molecule has 3 aliphatic rings. The molecular formula is C23H34N4O3+2. The number of quaternary nitrogens is 2. The lowest BCUT2D eigenvalue weighted by molar-refractivity contribution is -0.978. The van der Waals surface area contributed by atoms with Gasteiger partial charge in [0, 0.05) is 0 Å². The number of nitrogens with one attached hydrogen (secondary N) is 2. The highest BCUT2D eigenvalue weighted by molar-refractivity contribution is 6.22. The predicted molar refractivity (Wildman–Crippen MR) is 113 cm³/mol. The summed E-state index contributed by atoms with van der Waals surface area (Å²) in [6.45, 7) is 7.35. The van der Waals surface area contributed by atoms with Crippen molar-refractivity contribution in [2.24, 2.45) is 5.73 Å². The van der Waals surface area contributed by atoms with E-state index in [0.29, 0.717) is 31.6 Å². The molecule has 30 heavy (non-hydrogen) atoms. The molecule has 1 aromatic rings. The van der Waals surface area contributed by atoms with E-state index in [1.807, 2.05) is 32.0 Å². The molecule has 0 spiro atoms. The Labute approximate surface area is 178 Å². The minimum atomic E-state index is -0.511. The number of nitrogens with zero attached hydrogens (tertiary/aromatic N) is 1. The molecule has 162 valence electrons. The Hall–Kier alpha value is -2.25. The zero-order chi connectivity index (χ0) is 21.5.